The van der Waals surface area contributed by atoms with Crippen molar-refractivity contribution in [2.24, 2.45) is 0 Å². The fraction of sp³-hybridized carbons (Fsp3) is 0.538. The topological polar surface area (TPSA) is 33.3 Å². The molecule has 0 aliphatic carbocycles. The Kier molecular flexibility index (Phi) is 5.90. The molecular formula is C13H22N2O. The highest BCUT2D eigenvalue weighted by molar-refractivity contribution is 5.52. The van der Waals surface area contributed by atoms with Crippen molar-refractivity contribution in [1.29, 1.82) is 0 Å². The van der Waals surface area contributed by atoms with Crippen LogP contribution in [0.3, 0.4) is 0 Å². The summed E-state index contributed by atoms with van der Waals surface area (Å²) < 4.78 is 4.96. The Balaban J connectivity index is 2.23. The summed E-state index contributed by atoms with van der Waals surface area (Å²) in [5.74, 6) is 0. The first-order chi connectivity index (χ1) is 7.74. The monoisotopic (exact) mass is 222 g/mol. The summed E-state index contributed by atoms with van der Waals surface area (Å²) in [6, 6.07) is 6.47. The zero-order valence-corrected chi connectivity index (χ0v) is 10.5. The lowest BCUT2D eigenvalue weighted by Crippen LogP contribution is -2.25. The van der Waals surface area contributed by atoms with Crippen LogP contribution in [-0.2, 0) is 4.74 Å². The summed E-state index contributed by atoms with van der Waals surface area (Å²) >= 11 is 0. The lowest BCUT2D eigenvalue weighted by Gasteiger charge is -2.10. The van der Waals surface area contributed by atoms with Crippen molar-refractivity contribution in [3.05, 3.63) is 29.3 Å². The number of ether oxygens (including phenoxy) is 1. The first-order valence-electron chi connectivity index (χ1n) is 5.75. The fourth-order valence-corrected chi connectivity index (χ4v) is 1.51. The molecule has 0 spiro atoms. The standard InChI is InChI=1S/C13H22N2O/c1-11-4-5-12(2)13(10-11)15-7-6-14-8-9-16-3/h4-5,10,14-15H,6-9H2,1-3H3. The Morgan fingerprint density at radius 1 is 1.12 bits per heavy atom. The van der Waals surface area contributed by atoms with Gasteiger partial charge in [-0.2, -0.15) is 0 Å². The van der Waals surface area contributed by atoms with Crippen molar-refractivity contribution in [3.8, 4) is 0 Å². The van der Waals surface area contributed by atoms with E-state index in [9.17, 15) is 0 Å². The molecule has 1 aromatic rings. The number of aryl methyl sites for hydroxylation is 2. The van der Waals surface area contributed by atoms with Gasteiger partial charge in [0.1, 0.15) is 0 Å². The first kappa shape index (κ1) is 13.0. The smallest absolute Gasteiger partial charge is 0.0587 e. The maximum atomic E-state index is 4.96. The van der Waals surface area contributed by atoms with E-state index in [1.807, 2.05) is 0 Å². The van der Waals surface area contributed by atoms with Crippen LogP contribution in [0.2, 0.25) is 0 Å². The zero-order valence-electron chi connectivity index (χ0n) is 10.5. The lowest BCUT2D eigenvalue weighted by molar-refractivity contribution is 0.200. The Bertz CT molecular complexity index is 313. The molecule has 0 aliphatic heterocycles. The van der Waals surface area contributed by atoms with Crippen molar-refractivity contribution < 1.29 is 4.74 Å². The zero-order chi connectivity index (χ0) is 11.8. The summed E-state index contributed by atoms with van der Waals surface area (Å²) in [5.41, 5.74) is 3.82. The van der Waals surface area contributed by atoms with Gasteiger partial charge in [0.2, 0.25) is 0 Å². The number of nitrogens with one attached hydrogen (secondary N) is 2. The van der Waals surface area contributed by atoms with Crippen LogP contribution in [0.1, 0.15) is 11.1 Å². The van der Waals surface area contributed by atoms with E-state index in [1.54, 1.807) is 7.11 Å². The maximum absolute atomic E-state index is 4.96. The van der Waals surface area contributed by atoms with Gasteiger partial charge in [-0.25, -0.2) is 0 Å². The lowest BCUT2D eigenvalue weighted by atomic mass is 10.1. The molecule has 0 bridgehead atoms. The average molecular weight is 222 g/mol. The van der Waals surface area contributed by atoms with E-state index in [0.29, 0.717) is 0 Å². The van der Waals surface area contributed by atoms with Crippen molar-refractivity contribution in [2.75, 3.05) is 38.7 Å². The fourth-order valence-electron chi connectivity index (χ4n) is 1.51. The summed E-state index contributed by atoms with van der Waals surface area (Å²) in [7, 11) is 1.72. The highest BCUT2D eigenvalue weighted by atomic mass is 16.5. The second kappa shape index (κ2) is 7.25. The summed E-state index contributed by atoms with van der Waals surface area (Å²) in [5, 5.41) is 6.73. The van der Waals surface area contributed by atoms with E-state index in [1.165, 1.54) is 16.8 Å². The quantitative estimate of drug-likeness (QED) is 0.692. The van der Waals surface area contributed by atoms with E-state index in [2.05, 4.69) is 42.7 Å². The Labute approximate surface area is 98.2 Å². The number of methoxy groups -OCH3 is 1. The largest absolute Gasteiger partial charge is 0.384 e. The molecule has 90 valence electrons. The van der Waals surface area contributed by atoms with E-state index < -0.39 is 0 Å². The molecule has 1 rings (SSSR count). The molecule has 0 amide bonds. The highest BCUT2D eigenvalue weighted by Gasteiger charge is 1.96. The van der Waals surface area contributed by atoms with Gasteiger partial charge in [0.15, 0.2) is 0 Å². The number of anilines is 1. The normalized spacial score (nSPS) is 10.4. The van der Waals surface area contributed by atoms with Gasteiger partial charge in [0.25, 0.3) is 0 Å². The maximum Gasteiger partial charge on any atom is 0.0587 e. The summed E-state index contributed by atoms with van der Waals surface area (Å²) in [6.45, 7) is 7.81. The van der Waals surface area contributed by atoms with Gasteiger partial charge in [-0.05, 0) is 31.0 Å². The van der Waals surface area contributed by atoms with Crippen molar-refractivity contribution >= 4 is 5.69 Å². The Morgan fingerprint density at radius 2 is 1.94 bits per heavy atom. The van der Waals surface area contributed by atoms with E-state index in [-0.39, 0.29) is 0 Å². The summed E-state index contributed by atoms with van der Waals surface area (Å²) in [4.78, 5) is 0. The summed E-state index contributed by atoms with van der Waals surface area (Å²) in [6.07, 6.45) is 0. The van der Waals surface area contributed by atoms with Crippen molar-refractivity contribution in [3.63, 3.8) is 0 Å². The van der Waals surface area contributed by atoms with Gasteiger partial charge in [-0.3, -0.25) is 0 Å². The van der Waals surface area contributed by atoms with Gasteiger partial charge < -0.3 is 15.4 Å². The molecule has 1 aromatic carbocycles. The predicted molar refractivity (Wildman–Crippen MR) is 69.2 cm³/mol. The third-order valence-electron chi connectivity index (χ3n) is 2.49. The molecule has 0 aliphatic rings. The molecule has 0 unspecified atom stereocenters. The van der Waals surface area contributed by atoms with Crippen LogP contribution < -0.4 is 10.6 Å². The number of hydrogen-bond donors (Lipinski definition) is 2. The number of hydrogen-bond acceptors (Lipinski definition) is 3. The minimum absolute atomic E-state index is 0.767. The second-order valence-corrected chi connectivity index (χ2v) is 3.99. The molecule has 0 atom stereocenters. The average Bonchev–Trinajstić information content (AvgIpc) is 2.28. The molecule has 0 fully saturated rings. The van der Waals surface area contributed by atoms with Gasteiger partial charge in [0, 0.05) is 32.4 Å². The van der Waals surface area contributed by atoms with Crippen LogP contribution in [0.15, 0.2) is 18.2 Å². The van der Waals surface area contributed by atoms with E-state index >= 15 is 0 Å². The van der Waals surface area contributed by atoms with Crippen LogP contribution >= 0.6 is 0 Å². The molecule has 3 nitrogen and oxygen atoms in total. The predicted octanol–water partition coefficient (Wildman–Crippen LogP) is 1.95. The number of rotatable bonds is 7. The van der Waals surface area contributed by atoms with Gasteiger partial charge in [0.05, 0.1) is 6.61 Å². The molecule has 16 heavy (non-hydrogen) atoms. The molecule has 0 aromatic heterocycles. The molecule has 0 saturated heterocycles. The third-order valence-corrected chi connectivity index (χ3v) is 2.49. The number of benzene rings is 1. The van der Waals surface area contributed by atoms with Crippen molar-refractivity contribution in [1.82, 2.24) is 5.32 Å². The molecule has 2 N–H and O–H groups in total. The van der Waals surface area contributed by atoms with E-state index in [0.717, 1.165) is 26.2 Å². The van der Waals surface area contributed by atoms with Crippen LogP contribution in [0.5, 0.6) is 0 Å². The Morgan fingerprint density at radius 3 is 2.69 bits per heavy atom. The van der Waals surface area contributed by atoms with Crippen LogP contribution in [0, 0.1) is 13.8 Å². The van der Waals surface area contributed by atoms with Gasteiger partial charge in [-0.15, -0.1) is 0 Å². The minimum atomic E-state index is 0.767. The first-order valence-corrected chi connectivity index (χ1v) is 5.75. The molecular weight excluding hydrogens is 200 g/mol. The van der Waals surface area contributed by atoms with Crippen LogP contribution in [0.4, 0.5) is 5.69 Å². The third kappa shape index (κ3) is 4.64. The second-order valence-electron chi connectivity index (χ2n) is 3.99. The molecule has 0 heterocycles. The van der Waals surface area contributed by atoms with Gasteiger partial charge in [-0.1, -0.05) is 12.1 Å². The highest BCUT2D eigenvalue weighted by Crippen LogP contribution is 2.15. The Hall–Kier alpha value is -1.06. The SMILES string of the molecule is COCCNCCNc1cc(C)ccc1C. The molecule has 0 radical (unpaired) electrons. The minimum Gasteiger partial charge on any atom is -0.384 e. The molecule has 3 heteroatoms. The van der Waals surface area contributed by atoms with Gasteiger partial charge >= 0.3 is 0 Å². The van der Waals surface area contributed by atoms with E-state index in [4.69, 9.17) is 4.74 Å². The van der Waals surface area contributed by atoms with Crippen molar-refractivity contribution in [2.45, 2.75) is 13.8 Å². The molecule has 0 saturated carbocycles. The van der Waals surface area contributed by atoms with Crippen LogP contribution in [0.25, 0.3) is 0 Å². The van der Waals surface area contributed by atoms with Crippen LogP contribution in [-0.4, -0.2) is 33.4 Å².